The van der Waals surface area contributed by atoms with Crippen LogP contribution in [0.4, 0.5) is 10.1 Å². The van der Waals surface area contributed by atoms with E-state index in [1.54, 1.807) is 18.2 Å². The first-order valence-corrected chi connectivity index (χ1v) is 8.70. The molecule has 0 radical (unpaired) electrons. The summed E-state index contributed by atoms with van der Waals surface area (Å²) in [6.45, 7) is 0.744. The van der Waals surface area contributed by atoms with E-state index in [0.29, 0.717) is 17.9 Å². The van der Waals surface area contributed by atoms with E-state index in [1.165, 1.54) is 6.07 Å². The minimum Gasteiger partial charge on any atom is -0.488 e. The van der Waals surface area contributed by atoms with E-state index in [1.807, 2.05) is 48.5 Å². The zero-order chi connectivity index (χ0) is 17.5. The van der Waals surface area contributed by atoms with Crippen molar-refractivity contribution in [2.75, 3.05) is 5.43 Å². The summed E-state index contributed by atoms with van der Waals surface area (Å²) >= 11 is 3.48. The number of halogens is 2. The van der Waals surface area contributed by atoms with Crippen LogP contribution >= 0.6 is 15.9 Å². The Labute approximate surface area is 154 Å². The van der Waals surface area contributed by atoms with Gasteiger partial charge in [0.1, 0.15) is 18.2 Å². The Hall–Kier alpha value is -2.37. The predicted molar refractivity (Wildman–Crippen MR) is 102 cm³/mol. The highest BCUT2D eigenvalue weighted by molar-refractivity contribution is 9.10. The molecule has 3 nitrogen and oxygen atoms in total. The third-order valence-electron chi connectivity index (χ3n) is 3.65. The van der Waals surface area contributed by atoms with Crippen LogP contribution in [0.1, 0.15) is 11.1 Å². The molecule has 0 aromatic heterocycles. The van der Waals surface area contributed by atoms with Crippen molar-refractivity contribution in [1.29, 1.82) is 0 Å². The smallest absolute Gasteiger partial charge is 0.129 e. The molecule has 25 heavy (non-hydrogen) atoms. The van der Waals surface area contributed by atoms with Gasteiger partial charge in [-0.1, -0.05) is 52.3 Å². The van der Waals surface area contributed by atoms with Crippen LogP contribution in [0.5, 0.6) is 5.75 Å². The van der Waals surface area contributed by atoms with Crippen LogP contribution < -0.4 is 15.6 Å². The van der Waals surface area contributed by atoms with Gasteiger partial charge in [0, 0.05) is 27.8 Å². The molecule has 0 spiro atoms. The average Bonchev–Trinajstić information content (AvgIpc) is 2.63. The number of hydrogen-bond acceptors (Lipinski definition) is 3. The van der Waals surface area contributed by atoms with Crippen molar-refractivity contribution >= 4 is 21.6 Å². The maximum absolute atomic E-state index is 13.7. The van der Waals surface area contributed by atoms with Crippen molar-refractivity contribution in [3.05, 3.63) is 94.2 Å². The number of benzene rings is 3. The molecule has 0 aliphatic rings. The summed E-state index contributed by atoms with van der Waals surface area (Å²) in [5, 5.41) is 0. The van der Waals surface area contributed by atoms with Gasteiger partial charge in [0.25, 0.3) is 0 Å². The zero-order valence-electron chi connectivity index (χ0n) is 13.5. The molecule has 2 N–H and O–H groups in total. The van der Waals surface area contributed by atoms with Crippen molar-refractivity contribution in [2.45, 2.75) is 13.2 Å². The van der Waals surface area contributed by atoms with E-state index < -0.39 is 0 Å². The number of ether oxygens (including phenoxy) is 1. The van der Waals surface area contributed by atoms with Crippen molar-refractivity contribution in [2.24, 2.45) is 0 Å². The molecule has 128 valence electrons. The molecular weight excluding hydrogens is 383 g/mol. The molecule has 0 fully saturated rings. The molecule has 0 saturated carbocycles. The van der Waals surface area contributed by atoms with E-state index >= 15 is 0 Å². The van der Waals surface area contributed by atoms with Crippen molar-refractivity contribution in [1.82, 2.24) is 5.43 Å². The van der Waals surface area contributed by atoms with Gasteiger partial charge in [-0.3, -0.25) is 0 Å². The second kappa shape index (κ2) is 8.65. The number of hydrogen-bond donors (Lipinski definition) is 2. The van der Waals surface area contributed by atoms with Gasteiger partial charge < -0.3 is 10.2 Å². The highest BCUT2D eigenvalue weighted by Gasteiger charge is 2.07. The Kier molecular flexibility index (Phi) is 6.04. The maximum atomic E-state index is 13.7. The summed E-state index contributed by atoms with van der Waals surface area (Å²) in [6, 6.07) is 22.2. The Morgan fingerprint density at radius 1 is 0.880 bits per heavy atom. The van der Waals surface area contributed by atoms with Gasteiger partial charge >= 0.3 is 0 Å². The lowest BCUT2D eigenvalue weighted by molar-refractivity contribution is 0.296. The Bertz CT molecular complexity index is 827. The first kappa shape index (κ1) is 17.5. The quantitative estimate of drug-likeness (QED) is 0.529. The summed E-state index contributed by atoms with van der Waals surface area (Å²) in [5.41, 5.74) is 8.79. The molecule has 0 atom stereocenters. The predicted octanol–water partition coefficient (Wildman–Crippen LogP) is 5.28. The van der Waals surface area contributed by atoms with Gasteiger partial charge in [-0.2, -0.15) is 0 Å². The number of nitrogens with one attached hydrogen (secondary N) is 2. The SMILES string of the molecule is Fc1ccccc1COc1ccc(Br)cc1CNNc1ccccc1. The van der Waals surface area contributed by atoms with Crippen LogP contribution in [-0.2, 0) is 13.2 Å². The van der Waals surface area contributed by atoms with Crippen molar-refractivity contribution in [3.8, 4) is 5.75 Å². The topological polar surface area (TPSA) is 33.3 Å². The molecule has 3 aromatic rings. The monoisotopic (exact) mass is 400 g/mol. The van der Waals surface area contributed by atoms with E-state index in [2.05, 4.69) is 26.8 Å². The van der Waals surface area contributed by atoms with Crippen LogP contribution in [0, 0.1) is 5.82 Å². The van der Waals surface area contributed by atoms with Gasteiger partial charge in [-0.15, -0.1) is 0 Å². The third kappa shape index (κ3) is 5.05. The Morgan fingerprint density at radius 3 is 2.44 bits per heavy atom. The second-order valence-electron chi connectivity index (χ2n) is 5.48. The summed E-state index contributed by atoms with van der Waals surface area (Å²) in [6.07, 6.45) is 0. The maximum Gasteiger partial charge on any atom is 0.129 e. The summed E-state index contributed by atoms with van der Waals surface area (Å²) < 4.78 is 20.5. The first-order valence-electron chi connectivity index (χ1n) is 7.91. The van der Waals surface area contributed by atoms with Crippen LogP contribution in [0.3, 0.4) is 0 Å². The minimum absolute atomic E-state index is 0.188. The summed E-state index contributed by atoms with van der Waals surface area (Å²) in [5.74, 6) is 0.457. The minimum atomic E-state index is -0.259. The lowest BCUT2D eigenvalue weighted by Gasteiger charge is -2.14. The number of hydrazine groups is 1. The van der Waals surface area contributed by atoms with Crippen molar-refractivity contribution < 1.29 is 9.13 Å². The first-order chi connectivity index (χ1) is 12.2. The zero-order valence-corrected chi connectivity index (χ0v) is 15.1. The molecule has 0 amide bonds. The third-order valence-corrected chi connectivity index (χ3v) is 4.14. The fourth-order valence-corrected chi connectivity index (χ4v) is 2.77. The van der Waals surface area contributed by atoms with Gasteiger partial charge in [-0.25, -0.2) is 9.82 Å². The molecule has 0 saturated heterocycles. The fraction of sp³-hybridized carbons (Fsp3) is 0.100. The van der Waals surface area contributed by atoms with Crippen molar-refractivity contribution in [3.63, 3.8) is 0 Å². The number of anilines is 1. The molecule has 3 aromatic carbocycles. The standard InChI is InChI=1S/C20H18BrFN2O/c21-17-10-11-20(25-14-15-6-4-5-9-19(15)22)16(12-17)13-23-24-18-7-2-1-3-8-18/h1-12,23-24H,13-14H2. The summed E-state index contributed by atoms with van der Waals surface area (Å²) in [4.78, 5) is 0. The number of para-hydroxylation sites is 1. The van der Waals surface area contributed by atoms with Crippen LogP contribution in [0.25, 0.3) is 0 Å². The Balaban J connectivity index is 1.64. The van der Waals surface area contributed by atoms with Gasteiger partial charge in [0.05, 0.1) is 0 Å². The number of rotatable bonds is 7. The van der Waals surface area contributed by atoms with Crippen LogP contribution in [-0.4, -0.2) is 0 Å². The highest BCUT2D eigenvalue weighted by atomic mass is 79.9. The average molecular weight is 401 g/mol. The molecule has 5 heteroatoms. The lowest BCUT2D eigenvalue weighted by Crippen LogP contribution is -2.21. The molecule has 0 bridgehead atoms. The molecule has 0 aliphatic carbocycles. The largest absolute Gasteiger partial charge is 0.488 e. The van der Waals surface area contributed by atoms with E-state index in [-0.39, 0.29) is 12.4 Å². The van der Waals surface area contributed by atoms with Crippen LogP contribution in [0.2, 0.25) is 0 Å². The molecule has 3 rings (SSSR count). The van der Waals surface area contributed by atoms with Gasteiger partial charge in [0.2, 0.25) is 0 Å². The second-order valence-corrected chi connectivity index (χ2v) is 6.39. The molecule has 0 unspecified atom stereocenters. The molecule has 0 aliphatic heterocycles. The highest BCUT2D eigenvalue weighted by Crippen LogP contribution is 2.24. The van der Waals surface area contributed by atoms with E-state index in [9.17, 15) is 4.39 Å². The molecular formula is C20H18BrFN2O. The fourth-order valence-electron chi connectivity index (χ4n) is 2.36. The van der Waals surface area contributed by atoms with Crippen LogP contribution in [0.15, 0.2) is 77.3 Å². The Morgan fingerprint density at radius 2 is 1.64 bits per heavy atom. The lowest BCUT2D eigenvalue weighted by atomic mass is 10.2. The summed E-state index contributed by atoms with van der Waals surface area (Å²) in [7, 11) is 0. The van der Waals surface area contributed by atoms with E-state index in [0.717, 1.165) is 15.7 Å². The van der Waals surface area contributed by atoms with Gasteiger partial charge in [-0.05, 0) is 36.4 Å². The van der Waals surface area contributed by atoms with Gasteiger partial charge in [0.15, 0.2) is 0 Å². The van der Waals surface area contributed by atoms with E-state index in [4.69, 9.17) is 4.74 Å². The normalized spacial score (nSPS) is 10.5. The molecule has 0 heterocycles.